The third-order valence-electron chi connectivity index (χ3n) is 4.17. The molecule has 1 N–H and O–H groups in total. The maximum absolute atomic E-state index is 12.3. The Kier molecular flexibility index (Phi) is 6.36. The van der Waals surface area contributed by atoms with Crippen LogP contribution in [-0.4, -0.2) is 59.4 Å². The van der Waals surface area contributed by atoms with Crippen molar-refractivity contribution in [2.75, 3.05) is 26.7 Å². The Morgan fingerprint density at radius 2 is 2.12 bits per heavy atom. The number of carbonyl (C=O) groups is 3. The van der Waals surface area contributed by atoms with Gasteiger partial charge >= 0.3 is 5.97 Å². The molecule has 1 heterocycles. The van der Waals surface area contributed by atoms with Gasteiger partial charge in [-0.3, -0.25) is 14.4 Å². The molecule has 1 aliphatic rings. The van der Waals surface area contributed by atoms with Crippen molar-refractivity contribution >= 4 is 33.7 Å². The van der Waals surface area contributed by atoms with E-state index in [9.17, 15) is 14.4 Å². The Labute approximate surface area is 149 Å². The maximum atomic E-state index is 12.3. The van der Waals surface area contributed by atoms with Crippen LogP contribution in [0.2, 0.25) is 0 Å². The summed E-state index contributed by atoms with van der Waals surface area (Å²) in [6.07, 6.45) is 1.50. The number of carbonyl (C=O) groups excluding carboxylic acids is 2. The fourth-order valence-electron chi connectivity index (χ4n) is 2.75. The molecule has 1 fully saturated rings. The number of halogens is 1. The fourth-order valence-corrected chi connectivity index (χ4v) is 3.20. The molecule has 1 aromatic rings. The molecule has 1 aromatic carbocycles. The van der Waals surface area contributed by atoms with E-state index in [0.717, 1.165) is 10.0 Å². The van der Waals surface area contributed by atoms with Crippen LogP contribution in [0.15, 0.2) is 28.7 Å². The molecule has 1 saturated heterocycles. The van der Waals surface area contributed by atoms with Gasteiger partial charge in [-0.05, 0) is 30.5 Å². The summed E-state index contributed by atoms with van der Waals surface area (Å²) in [7, 11) is 1.59. The smallest absolute Gasteiger partial charge is 0.308 e. The lowest BCUT2D eigenvalue weighted by atomic mass is 9.98. The lowest BCUT2D eigenvalue weighted by Gasteiger charge is -2.32. The molecular formula is C17H21BrN2O4. The van der Waals surface area contributed by atoms with Gasteiger partial charge in [-0.15, -0.1) is 0 Å². The zero-order chi connectivity index (χ0) is 17.7. The Morgan fingerprint density at radius 1 is 1.38 bits per heavy atom. The normalized spacial score (nSPS) is 17.4. The number of benzene rings is 1. The molecule has 2 amide bonds. The maximum Gasteiger partial charge on any atom is 0.308 e. The Hall–Kier alpha value is -1.89. The van der Waals surface area contributed by atoms with Gasteiger partial charge < -0.3 is 14.9 Å². The fraction of sp³-hybridized carbons (Fsp3) is 0.471. The van der Waals surface area contributed by atoms with Crippen LogP contribution in [0.25, 0.3) is 0 Å². The molecule has 130 valence electrons. The molecule has 0 spiro atoms. The highest BCUT2D eigenvalue weighted by Gasteiger charge is 2.28. The standard InChI is InChI=1S/C17H21BrN2O4/c1-19(15(21)9-12-4-2-6-14(18)8-12)11-16(22)20-7-3-5-13(10-20)17(23)24/h2,4,6,8,13H,3,5,7,9-11H2,1H3,(H,23,24). The van der Waals surface area contributed by atoms with E-state index in [4.69, 9.17) is 5.11 Å². The number of rotatable bonds is 5. The molecule has 0 aromatic heterocycles. The van der Waals surface area contributed by atoms with E-state index < -0.39 is 11.9 Å². The number of carboxylic acids is 1. The Balaban J connectivity index is 1.88. The van der Waals surface area contributed by atoms with E-state index in [0.29, 0.717) is 19.4 Å². The predicted octanol–water partition coefficient (Wildman–Crippen LogP) is 1.77. The van der Waals surface area contributed by atoms with Crippen molar-refractivity contribution in [2.45, 2.75) is 19.3 Å². The third kappa shape index (κ3) is 5.06. The Bertz CT molecular complexity index is 635. The van der Waals surface area contributed by atoms with E-state index in [1.54, 1.807) is 11.9 Å². The summed E-state index contributed by atoms with van der Waals surface area (Å²) >= 11 is 3.37. The molecule has 7 heteroatoms. The largest absolute Gasteiger partial charge is 0.481 e. The lowest BCUT2D eigenvalue weighted by Crippen LogP contribution is -2.47. The summed E-state index contributed by atoms with van der Waals surface area (Å²) in [5, 5.41) is 9.09. The number of aliphatic carboxylic acids is 1. The van der Waals surface area contributed by atoms with Crippen molar-refractivity contribution in [1.29, 1.82) is 0 Å². The summed E-state index contributed by atoms with van der Waals surface area (Å²) in [4.78, 5) is 38.6. The minimum Gasteiger partial charge on any atom is -0.481 e. The van der Waals surface area contributed by atoms with Crippen molar-refractivity contribution in [1.82, 2.24) is 9.80 Å². The molecule has 1 atom stereocenters. The van der Waals surface area contributed by atoms with E-state index in [1.807, 2.05) is 24.3 Å². The SMILES string of the molecule is CN(CC(=O)N1CCCC(C(=O)O)C1)C(=O)Cc1cccc(Br)c1. The number of amides is 2. The number of likely N-dealkylation sites (N-methyl/N-ethyl adjacent to an activating group) is 1. The highest BCUT2D eigenvalue weighted by Crippen LogP contribution is 2.17. The van der Waals surface area contributed by atoms with Crippen LogP contribution in [0.5, 0.6) is 0 Å². The molecule has 0 bridgehead atoms. The van der Waals surface area contributed by atoms with Gasteiger partial charge in [0.25, 0.3) is 0 Å². The first kappa shape index (κ1) is 18.4. The van der Waals surface area contributed by atoms with Crippen molar-refractivity contribution in [2.24, 2.45) is 5.92 Å². The molecule has 1 unspecified atom stereocenters. The first-order valence-corrected chi connectivity index (χ1v) is 8.65. The summed E-state index contributed by atoms with van der Waals surface area (Å²) in [5.74, 6) is -1.73. The van der Waals surface area contributed by atoms with Gasteiger partial charge in [-0.1, -0.05) is 28.1 Å². The summed E-state index contributed by atoms with van der Waals surface area (Å²) in [6.45, 7) is 0.747. The molecule has 2 rings (SSSR count). The van der Waals surface area contributed by atoms with Crippen molar-refractivity contribution < 1.29 is 19.5 Å². The summed E-state index contributed by atoms with van der Waals surface area (Å²) in [5.41, 5.74) is 0.873. The number of hydrogen-bond donors (Lipinski definition) is 1. The van der Waals surface area contributed by atoms with Crippen LogP contribution in [0.3, 0.4) is 0 Å². The third-order valence-corrected chi connectivity index (χ3v) is 4.66. The van der Waals surface area contributed by atoms with E-state index in [2.05, 4.69) is 15.9 Å². The molecule has 0 aliphatic carbocycles. The molecule has 1 aliphatic heterocycles. The Morgan fingerprint density at radius 3 is 2.79 bits per heavy atom. The van der Waals surface area contributed by atoms with Crippen molar-refractivity contribution in [3.8, 4) is 0 Å². The number of likely N-dealkylation sites (tertiary alicyclic amines) is 1. The zero-order valence-electron chi connectivity index (χ0n) is 13.6. The first-order chi connectivity index (χ1) is 11.4. The average molecular weight is 397 g/mol. The second-order valence-electron chi connectivity index (χ2n) is 6.07. The van der Waals surface area contributed by atoms with Gasteiger partial charge in [-0.2, -0.15) is 0 Å². The lowest BCUT2D eigenvalue weighted by molar-refractivity contribution is -0.147. The van der Waals surface area contributed by atoms with Crippen LogP contribution in [-0.2, 0) is 20.8 Å². The van der Waals surface area contributed by atoms with Gasteiger partial charge in [-0.25, -0.2) is 0 Å². The van der Waals surface area contributed by atoms with Crippen LogP contribution in [0.4, 0.5) is 0 Å². The number of nitrogens with zero attached hydrogens (tertiary/aromatic N) is 2. The molecule has 0 radical (unpaired) electrons. The molecule has 6 nitrogen and oxygen atoms in total. The van der Waals surface area contributed by atoms with Crippen LogP contribution in [0, 0.1) is 5.92 Å². The second-order valence-corrected chi connectivity index (χ2v) is 6.99. The van der Waals surface area contributed by atoms with Crippen molar-refractivity contribution in [3.63, 3.8) is 0 Å². The topological polar surface area (TPSA) is 77.9 Å². The van der Waals surface area contributed by atoms with E-state index in [-0.39, 0.29) is 31.3 Å². The van der Waals surface area contributed by atoms with E-state index >= 15 is 0 Å². The molecule has 0 saturated carbocycles. The minimum absolute atomic E-state index is 0.0286. The van der Waals surface area contributed by atoms with Gasteiger partial charge in [0.05, 0.1) is 18.9 Å². The molecular weight excluding hydrogens is 376 g/mol. The van der Waals surface area contributed by atoms with Crippen LogP contribution >= 0.6 is 15.9 Å². The first-order valence-electron chi connectivity index (χ1n) is 7.86. The van der Waals surface area contributed by atoms with Crippen LogP contribution < -0.4 is 0 Å². The molecule has 24 heavy (non-hydrogen) atoms. The average Bonchev–Trinajstić information content (AvgIpc) is 2.54. The predicted molar refractivity (Wildman–Crippen MR) is 92.4 cm³/mol. The van der Waals surface area contributed by atoms with Crippen LogP contribution in [0.1, 0.15) is 18.4 Å². The number of piperidine rings is 1. The van der Waals surface area contributed by atoms with Crippen molar-refractivity contribution in [3.05, 3.63) is 34.3 Å². The monoisotopic (exact) mass is 396 g/mol. The highest BCUT2D eigenvalue weighted by molar-refractivity contribution is 9.10. The highest BCUT2D eigenvalue weighted by atomic mass is 79.9. The number of hydrogen-bond acceptors (Lipinski definition) is 3. The second kappa shape index (κ2) is 8.28. The van der Waals surface area contributed by atoms with Gasteiger partial charge in [0, 0.05) is 24.6 Å². The summed E-state index contributed by atoms with van der Waals surface area (Å²) < 4.78 is 0.902. The van der Waals surface area contributed by atoms with Gasteiger partial charge in [0.2, 0.25) is 11.8 Å². The minimum atomic E-state index is -0.869. The quantitative estimate of drug-likeness (QED) is 0.822. The van der Waals surface area contributed by atoms with Gasteiger partial charge in [0.15, 0.2) is 0 Å². The van der Waals surface area contributed by atoms with Gasteiger partial charge in [0.1, 0.15) is 0 Å². The zero-order valence-corrected chi connectivity index (χ0v) is 15.2. The number of carboxylic acid groups (broad SMARTS) is 1. The summed E-state index contributed by atoms with van der Waals surface area (Å²) in [6, 6.07) is 7.48. The van der Waals surface area contributed by atoms with E-state index in [1.165, 1.54) is 4.90 Å².